The molecule has 23 heavy (non-hydrogen) atoms. The van der Waals surface area contributed by atoms with Gasteiger partial charge in [0.2, 0.25) is 0 Å². The smallest absolute Gasteiger partial charge is 0.119 e. The van der Waals surface area contributed by atoms with Crippen molar-refractivity contribution in [1.29, 1.82) is 0 Å². The maximum absolute atomic E-state index is 6.34. The standard InChI is InChI=1S/C17H17Cl3N2O/c1-17(9-22-8-15(21)23-17)11-4-2-3-10(5-11)13-6-12(18)7-14(19)16(13)20/h2-7,15,22H,8-9,21H2,1H3. The lowest BCUT2D eigenvalue weighted by molar-refractivity contribution is -0.107. The monoisotopic (exact) mass is 370 g/mol. The third-order valence-electron chi connectivity index (χ3n) is 4.00. The molecule has 3 rings (SSSR count). The zero-order chi connectivity index (χ0) is 16.6. The third kappa shape index (κ3) is 3.50. The van der Waals surface area contributed by atoms with Crippen molar-refractivity contribution in [1.82, 2.24) is 5.32 Å². The highest BCUT2D eigenvalue weighted by atomic mass is 35.5. The van der Waals surface area contributed by atoms with Crippen molar-refractivity contribution in [3.8, 4) is 11.1 Å². The molecular formula is C17H17Cl3N2O. The van der Waals surface area contributed by atoms with E-state index in [9.17, 15) is 0 Å². The summed E-state index contributed by atoms with van der Waals surface area (Å²) in [4.78, 5) is 0. The number of benzene rings is 2. The van der Waals surface area contributed by atoms with Crippen LogP contribution in [-0.4, -0.2) is 19.3 Å². The summed E-state index contributed by atoms with van der Waals surface area (Å²) < 4.78 is 5.96. The molecule has 2 unspecified atom stereocenters. The predicted octanol–water partition coefficient (Wildman–Crippen LogP) is 4.43. The molecule has 3 nitrogen and oxygen atoms in total. The number of morpholine rings is 1. The molecular weight excluding hydrogens is 355 g/mol. The van der Waals surface area contributed by atoms with E-state index in [1.165, 1.54) is 0 Å². The van der Waals surface area contributed by atoms with Crippen LogP contribution in [0.2, 0.25) is 15.1 Å². The van der Waals surface area contributed by atoms with Crippen LogP contribution in [0.5, 0.6) is 0 Å². The van der Waals surface area contributed by atoms with Gasteiger partial charge in [-0.15, -0.1) is 0 Å². The first-order chi connectivity index (χ1) is 10.9. The largest absolute Gasteiger partial charge is 0.350 e. The maximum Gasteiger partial charge on any atom is 0.119 e. The van der Waals surface area contributed by atoms with Crippen LogP contribution in [0.4, 0.5) is 0 Å². The Kier molecular flexibility index (Phi) is 4.88. The summed E-state index contributed by atoms with van der Waals surface area (Å²) in [5, 5.41) is 4.76. The van der Waals surface area contributed by atoms with E-state index >= 15 is 0 Å². The number of nitrogens with one attached hydrogen (secondary N) is 1. The molecule has 1 fully saturated rings. The Hall–Kier alpha value is -0.810. The summed E-state index contributed by atoms with van der Waals surface area (Å²) in [7, 11) is 0. The fraction of sp³-hybridized carbons (Fsp3) is 0.294. The Morgan fingerprint density at radius 1 is 1.22 bits per heavy atom. The first-order valence-corrected chi connectivity index (χ1v) is 8.42. The van der Waals surface area contributed by atoms with Gasteiger partial charge >= 0.3 is 0 Å². The van der Waals surface area contributed by atoms with Crippen molar-refractivity contribution < 1.29 is 4.74 Å². The first-order valence-electron chi connectivity index (χ1n) is 7.29. The molecule has 3 N–H and O–H groups in total. The van der Waals surface area contributed by atoms with Crippen molar-refractivity contribution in [2.45, 2.75) is 18.8 Å². The highest BCUT2D eigenvalue weighted by Gasteiger charge is 2.33. The zero-order valence-corrected chi connectivity index (χ0v) is 14.8. The van der Waals surface area contributed by atoms with Gasteiger partial charge < -0.3 is 15.8 Å². The van der Waals surface area contributed by atoms with Gasteiger partial charge in [0.15, 0.2) is 0 Å². The van der Waals surface area contributed by atoms with Crippen LogP contribution in [-0.2, 0) is 10.3 Å². The van der Waals surface area contributed by atoms with Gasteiger partial charge in [0.05, 0.1) is 10.0 Å². The lowest BCUT2D eigenvalue weighted by atomic mass is 9.91. The van der Waals surface area contributed by atoms with Gasteiger partial charge in [0.25, 0.3) is 0 Å². The second kappa shape index (κ2) is 6.60. The number of nitrogens with two attached hydrogens (primary N) is 1. The van der Waals surface area contributed by atoms with Crippen molar-refractivity contribution in [3.63, 3.8) is 0 Å². The van der Waals surface area contributed by atoms with Crippen molar-refractivity contribution in [3.05, 3.63) is 57.0 Å². The Morgan fingerprint density at radius 3 is 2.74 bits per heavy atom. The molecule has 0 radical (unpaired) electrons. The molecule has 122 valence electrons. The van der Waals surface area contributed by atoms with Crippen LogP contribution in [0.1, 0.15) is 12.5 Å². The van der Waals surface area contributed by atoms with E-state index < -0.39 is 5.60 Å². The highest BCUT2D eigenvalue weighted by molar-refractivity contribution is 6.45. The van der Waals surface area contributed by atoms with Gasteiger partial charge in [-0.05, 0) is 36.2 Å². The van der Waals surface area contributed by atoms with Crippen molar-refractivity contribution in [2.24, 2.45) is 5.73 Å². The molecule has 2 aromatic rings. The van der Waals surface area contributed by atoms with E-state index in [0.29, 0.717) is 28.2 Å². The van der Waals surface area contributed by atoms with Crippen molar-refractivity contribution >= 4 is 34.8 Å². The van der Waals surface area contributed by atoms with E-state index in [1.807, 2.05) is 37.3 Å². The first kappa shape index (κ1) is 17.0. The molecule has 1 aliphatic rings. The van der Waals surface area contributed by atoms with Gasteiger partial charge in [-0.2, -0.15) is 0 Å². The van der Waals surface area contributed by atoms with Gasteiger partial charge in [-0.25, -0.2) is 0 Å². The molecule has 1 saturated heterocycles. The lowest BCUT2D eigenvalue weighted by Gasteiger charge is -2.38. The average Bonchev–Trinajstić information content (AvgIpc) is 2.51. The minimum absolute atomic E-state index is 0.332. The topological polar surface area (TPSA) is 47.3 Å². The average molecular weight is 372 g/mol. The number of hydrogen-bond acceptors (Lipinski definition) is 3. The van der Waals surface area contributed by atoms with Crippen LogP contribution in [0.3, 0.4) is 0 Å². The Morgan fingerprint density at radius 2 is 2.00 bits per heavy atom. The quantitative estimate of drug-likeness (QED) is 0.768. The molecule has 0 aromatic heterocycles. The minimum atomic E-state index is -0.497. The molecule has 0 aliphatic carbocycles. The Bertz CT molecular complexity index is 738. The van der Waals surface area contributed by atoms with Gasteiger partial charge in [0.1, 0.15) is 11.8 Å². The van der Waals surface area contributed by atoms with E-state index in [0.717, 1.165) is 16.7 Å². The number of hydrogen-bond donors (Lipinski definition) is 2. The molecule has 2 atom stereocenters. The predicted molar refractivity (Wildman–Crippen MR) is 96.2 cm³/mol. The van der Waals surface area contributed by atoms with Gasteiger partial charge in [-0.3, -0.25) is 0 Å². The van der Waals surface area contributed by atoms with Gasteiger partial charge in [-0.1, -0.05) is 53.0 Å². The SMILES string of the molecule is CC1(c2cccc(-c3cc(Cl)cc(Cl)c3Cl)c2)CNCC(N)O1. The van der Waals surface area contributed by atoms with E-state index in [1.54, 1.807) is 6.07 Å². The molecule has 1 heterocycles. The summed E-state index contributed by atoms with van der Waals surface area (Å²) in [5.41, 5.74) is 8.17. The number of rotatable bonds is 2. The molecule has 6 heteroatoms. The summed E-state index contributed by atoms with van der Waals surface area (Å²) in [6.07, 6.45) is -0.332. The minimum Gasteiger partial charge on any atom is -0.350 e. The summed E-state index contributed by atoms with van der Waals surface area (Å²) in [6, 6.07) is 11.4. The molecule has 0 amide bonds. The number of halogens is 3. The summed E-state index contributed by atoms with van der Waals surface area (Å²) in [5.74, 6) is 0. The highest BCUT2D eigenvalue weighted by Crippen LogP contribution is 2.38. The van der Waals surface area contributed by atoms with Crippen LogP contribution in [0, 0.1) is 0 Å². The maximum atomic E-state index is 6.34. The second-order valence-corrected chi connectivity index (χ2v) is 7.07. The zero-order valence-electron chi connectivity index (χ0n) is 12.6. The van der Waals surface area contributed by atoms with E-state index in [2.05, 4.69) is 5.32 Å². The normalized spacial score (nSPS) is 24.7. The molecule has 1 aliphatic heterocycles. The molecule has 0 saturated carbocycles. The van der Waals surface area contributed by atoms with E-state index in [4.69, 9.17) is 45.3 Å². The third-order valence-corrected chi connectivity index (χ3v) is 5.02. The lowest BCUT2D eigenvalue weighted by Crippen LogP contribution is -2.53. The van der Waals surface area contributed by atoms with Crippen LogP contribution in [0.25, 0.3) is 11.1 Å². The van der Waals surface area contributed by atoms with Crippen LogP contribution < -0.4 is 11.1 Å². The molecule has 2 aromatic carbocycles. The summed E-state index contributed by atoms with van der Waals surface area (Å²) >= 11 is 18.6. The van der Waals surface area contributed by atoms with Crippen LogP contribution in [0.15, 0.2) is 36.4 Å². The van der Waals surface area contributed by atoms with Crippen molar-refractivity contribution in [2.75, 3.05) is 13.1 Å². The van der Waals surface area contributed by atoms with Crippen LogP contribution >= 0.6 is 34.8 Å². The Labute approximate surface area is 150 Å². The molecule has 0 bridgehead atoms. The molecule has 0 spiro atoms. The number of ether oxygens (including phenoxy) is 1. The van der Waals surface area contributed by atoms with E-state index in [-0.39, 0.29) is 6.23 Å². The fourth-order valence-electron chi connectivity index (χ4n) is 2.82. The second-order valence-electron chi connectivity index (χ2n) is 5.85. The Balaban J connectivity index is 2.04. The summed E-state index contributed by atoms with van der Waals surface area (Å²) in [6.45, 7) is 3.35. The fourth-order valence-corrected chi connectivity index (χ4v) is 3.53. The van der Waals surface area contributed by atoms with Gasteiger partial charge in [0, 0.05) is 23.7 Å².